The Morgan fingerprint density at radius 3 is 2.74 bits per heavy atom. The van der Waals surface area contributed by atoms with Crippen molar-refractivity contribution in [3.05, 3.63) is 54.2 Å². The fraction of sp³-hybridized carbons (Fsp3) is 0.267. The molecule has 0 spiro atoms. The number of methoxy groups -OCH3 is 1. The Labute approximate surface area is 113 Å². The molecule has 0 bridgehead atoms. The zero-order valence-corrected chi connectivity index (χ0v) is 11.0. The van der Waals surface area contributed by atoms with Crippen molar-refractivity contribution in [3.8, 4) is 11.6 Å². The van der Waals surface area contributed by atoms with E-state index < -0.39 is 0 Å². The normalized spacial score (nSPS) is 10.4. The van der Waals surface area contributed by atoms with E-state index in [2.05, 4.69) is 10.3 Å². The van der Waals surface area contributed by atoms with E-state index >= 15 is 0 Å². The molecule has 100 valence electrons. The van der Waals surface area contributed by atoms with Gasteiger partial charge in [-0.3, -0.25) is 0 Å². The summed E-state index contributed by atoms with van der Waals surface area (Å²) in [5.41, 5.74) is 1.03. The number of nitrogens with zero attached hydrogens (tertiary/aromatic N) is 1. The molecule has 0 saturated carbocycles. The zero-order valence-electron chi connectivity index (χ0n) is 11.0. The molecule has 19 heavy (non-hydrogen) atoms. The summed E-state index contributed by atoms with van der Waals surface area (Å²) in [4.78, 5) is 4.28. The van der Waals surface area contributed by atoms with E-state index in [9.17, 15) is 0 Å². The summed E-state index contributed by atoms with van der Waals surface area (Å²) in [7, 11) is 1.69. The van der Waals surface area contributed by atoms with Crippen molar-refractivity contribution in [1.29, 1.82) is 0 Å². The van der Waals surface area contributed by atoms with Crippen molar-refractivity contribution >= 4 is 0 Å². The van der Waals surface area contributed by atoms with E-state index in [1.54, 1.807) is 13.3 Å². The van der Waals surface area contributed by atoms with Crippen LogP contribution in [0.25, 0.3) is 0 Å². The second-order valence-electron chi connectivity index (χ2n) is 4.05. The monoisotopic (exact) mass is 258 g/mol. The van der Waals surface area contributed by atoms with Crippen LogP contribution in [-0.4, -0.2) is 25.2 Å². The molecule has 1 aromatic carbocycles. The molecule has 4 nitrogen and oxygen atoms in total. The van der Waals surface area contributed by atoms with Crippen LogP contribution in [0.3, 0.4) is 0 Å². The average Bonchev–Trinajstić information content (AvgIpc) is 2.46. The lowest BCUT2D eigenvalue weighted by molar-refractivity contribution is 0.199. The Balaban J connectivity index is 2.00. The van der Waals surface area contributed by atoms with Gasteiger partial charge in [-0.15, -0.1) is 0 Å². The zero-order chi connectivity index (χ0) is 13.3. The Bertz CT molecular complexity index is 489. The Morgan fingerprint density at radius 1 is 1.11 bits per heavy atom. The van der Waals surface area contributed by atoms with Crippen LogP contribution in [0.4, 0.5) is 0 Å². The van der Waals surface area contributed by atoms with Crippen LogP contribution in [0.2, 0.25) is 0 Å². The second-order valence-corrected chi connectivity index (χ2v) is 4.05. The van der Waals surface area contributed by atoms with E-state index in [0.717, 1.165) is 17.9 Å². The molecule has 2 rings (SSSR count). The molecule has 0 unspecified atom stereocenters. The van der Waals surface area contributed by atoms with Gasteiger partial charge in [0.15, 0.2) is 0 Å². The predicted octanol–water partition coefficient (Wildman–Crippen LogP) is 2.61. The van der Waals surface area contributed by atoms with E-state index in [4.69, 9.17) is 9.47 Å². The summed E-state index contributed by atoms with van der Waals surface area (Å²) in [5.74, 6) is 1.43. The summed E-state index contributed by atoms with van der Waals surface area (Å²) in [6.07, 6.45) is 1.73. The van der Waals surface area contributed by atoms with Crippen LogP contribution in [-0.2, 0) is 11.3 Å². The molecule has 0 atom stereocenters. The minimum absolute atomic E-state index is 0.638. The van der Waals surface area contributed by atoms with Gasteiger partial charge in [0.2, 0.25) is 5.88 Å². The van der Waals surface area contributed by atoms with Crippen molar-refractivity contribution in [1.82, 2.24) is 10.3 Å². The number of ether oxygens (including phenoxy) is 2. The standard InChI is InChI=1S/C15H18N2O2/c1-18-11-10-16-12-13-6-5-9-17-15(13)19-14-7-3-2-4-8-14/h2-9,16H,10-12H2,1H3. The van der Waals surface area contributed by atoms with Gasteiger partial charge in [-0.1, -0.05) is 24.3 Å². The summed E-state index contributed by atoms with van der Waals surface area (Å²) in [5, 5.41) is 3.28. The molecule has 0 aliphatic carbocycles. The number of aromatic nitrogens is 1. The second kappa shape index (κ2) is 7.51. The highest BCUT2D eigenvalue weighted by Gasteiger charge is 2.05. The SMILES string of the molecule is COCCNCc1cccnc1Oc1ccccc1. The van der Waals surface area contributed by atoms with Crippen molar-refractivity contribution in [2.75, 3.05) is 20.3 Å². The molecular weight excluding hydrogens is 240 g/mol. The summed E-state index contributed by atoms with van der Waals surface area (Å²) in [6.45, 7) is 2.20. The quantitative estimate of drug-likeness (QED) is 0.775. The molecule has 0 fully saturated rings. The third-order valence-electron chi connectivity index (χ3n) is 2.61. The van der Waals surface area contributed by atoms with Gasteiger partial charge in [-0.05, 0) is 18.2 Å². The fourth-order valence-electron chi connectivity index (χ4n) is 1.65. The van der Waals surface area contributed by atoms with Crippen molar-refractivity contribution < 1.29 is 9.47 Å². The molecular formula is C15H18N2O2. The molecule has 0 aliphatic rings. The molecule has 4 heteroatoms. The number of para-hydroxylation sites is 1. The van der Waals surface area contributed by atoms with Gasteiger partial charge >= 0.3 is 0 Å². The first-order valence-electron chi connectivity index (χ1n) is 6.26. The lowest BCUT2D eigenvalue weighted by Crippen LogP contribution is -2.19. The van der Waals surface area contributed by atoms with E-state index in [-0.39, 0.29) is 0 Å². The highest BCUT2D eigenvalue weighted by Crippen LogP contribution is 2.22. The first-order valence-corrected chi connectivity index (χ1v) is 6.26. The van der Waals surface area contributed by atoms with Crippen LogP contribution < -0.4 is 10.1 Å². The number of nitrogens with one attached hydrogen (secondary N) is 1. The third kappa shape index (κ3) is 4.35. The lowest BCUT2D eigenvalue weighted by atomic mass is 10.2. The Hall–Kier alpha value is -1.91. The van der Waals surface area contributed by atoms with Gasteiger partial charge in [0.1, 0.15) is 5.75 Å². The number of hydrogen-bond acceptors (Lipinski definition) is 4. The first kappa shape index (κ1) is 13.5. The largest absolute Gasteiger partial charge is 0.439 e. The van der Waals surface area contributed by atoms with Gasteiger partial charge in [-0.2, -0.15) is 0 Å². The van der Waals surface area contributed by atoms with Gasteiger partial charge in [0.25, 0.3) is 0 Å². The molecule has 1 aromatic heterocycles. The predicted molar refractivity (Wildman–Crippen MR) is 74.3 cm³/mol. The Morgan fingerprint density at radius 2 is 1.95 bits per heavy atom. The summed E-state index contributed by atoms with van der Waals surface area (Å²) in [6, 6.07) is 13.6. The summed E-state index contributed by atoms with van der Waals surface area (Å²) < 4.78 is 10.8. The van der Waals surface area contributed by atoms with Crippen LogP contribution in [0, 0.1) is 0 Å². The van der Waals surface area contributed by atoms with Crippen molar-refractivity contribution in [3.63, 3.8) is 0 Å². The van der Waals surface area contributed by atoms with Gasteiger partial charge < -0.3 is 14.8 Å². The average molecular weight is 258 g/mol. The first-order chi connectivity index (χ1) is 9.40. The number of pyridine rings is 1. The van der Waals surface area contributed by atoms with Crippen LogP contribution >= 0.6 is 0 Å². The van der Waals surface area contributed by atoms with Gasteiger partial charge in [0.05, 0.1) is 6.61 Å². The van der Waals surface area contributed by atoms with Gasteiger partial charge in [0, 0.05) is 32.0 Å². The van der Waals surface area contributed by atoms with Crippen LogP contribution in [0.1, 0.15) is 5.56 Å². The molecule has 0 amide bonds. The maximum absolute atomic E-state index is 5.78. The highest BCUT2D eigenvalue weighted by molar-refractivity contribution is 5.31. The molecule has 1 heterocycles. The van der Waals surface area contributed by atoms with Crippen molar-refractivity contribution in [2.45, 2.75) is 6.54 Å². The molecule has 0 radical (unpaired) electrons. The smallest absolute Gasteiger partial charge is 0.223 e. The highest BCUT2D eigenvalue weighted by atomic mass is 16.5. The number of hydrogen-bond donors (Lipinski definition) is 1. The minimum Gasteiger partial charge on any atom is -0.439 e. The molecule has 1 N–H and O–H groups in total. The topological polar surface area (TPSA) is 43.4 Å². The molecule has 2 aromatic rings. The third-order valence-corrected chi connectivity index (χ3v) is 2.61. The van der Waals surface area contributed by atoms with Crippen molar-refractivity contribution in [2.24, 2.45) is 0 Å². The maximum atomic E-state index is 5.78. The summed E-state index contributed by atoms with van der Waals surface area (Å²) >= 11 is 0. The van der Waals surface area contributed by atoms with E-state index in [1.165, 1.54) is 0 Å². The number of benzene rings is 1. The Kier molecular flexibility index (Phi) is 5.34. The molecule has 0 saturated heterocycles. The van der Waals surface area contributed by atoms with E-state index in [0.29, 0.717) is 19.0 Å². The molecule has 0 aliphatic heterocycles. The minimum atomic E-state index is 0.638. The van der Waals surface area contributed by atoms with E-state index in [1.807, 2.05) is 42.5 Å². The maximum Gasteiger partial charge on any atom is 0.223 e. The fourth-order valence-corrected chi connectivity index (χ4v) is 1.65. The number of rotatable bonds is 7. The van der Waals surface area contributed by atoms with Crippen LogP contribution in [0.15, 0.2) is 48.7 Å². The van der Waals surface area contributed by atoms with Crippen LogP contribution in [0.5, 0.6) is 11.6 Å². The lowest BCUT2D eigenvalue weighted by Gasteiger charge is -2.10. The van der Waals surface area contributed by atoms with Gasteiger partial charge in [-0.25, -0.2) is 4.98 Å².